The zero-order chi connectivity index (χ0) is 12.8. The van der Waals surface area contributed by atoms with Gasteiger partial charge in [-0.15, -0.1) is 0 Å². The number of phenolic OH excluding ortho intramolecular Hbond substituents is 1. The Kier molecular flexibility index (Phi) is 4.35. The summed E-state index contributed by atoms with van der Waals surface area (Å²) < 4.78 is 9.79. The van der Waals surface area contributed by atoms with Crippen LogP contribution in [0.4, 0.5) is 0 Å². The number of carbonyl (C=O) groups is 1. The van der Waals surface area contributed by atoms with E-state index in [0.29, 0.717) is 12.2 Å². The second-order valence-electron chi connectivity index (χ2n) is 3.25. The van der Waals surface area contributed by atoms with E-state index in [-0.39, 0.29) is 23.5 Å². The Morgan fingerprint density at radius 2 is 2.24 bits per heavy atom. The number of methoxy groups -OCH3 is 1. The monoisotopic (exact) mass is 235 g/mol. The van der Waals surface area contributed by atoms with Gasteiger partial charge in [-0.3, -0.25) is 4.79 Å². The Balaban J connectivity index is 3.05. The minimum atomic E-state index is -0.407. The molecule has 0 aliphatic heterocycles. The summed E-state index contributed by atoms with van der Waals surface area (Å²) in [6.45, 7) is 2.01. The summed E-state index contributed by atoms with van der Waals surface area (Å²) >= 11 is 0. The molecule has 0 aliphatic carbocycles. The lowest BCUT2D eigenvalue weighted by atomic mass is 10.1. The first-order valence-electron chi connectivity index (χ1n) is 5.08. The summed E-state index contributed by atoms with van der Waals surface area (Å²) in [4.78, 5) is 11.3. The molecule has 0 saturated heterocycles. The Labute approximate surface area is 99.2 Å². The lowest BCUT2D eigenvalue weighted by Gasteiger charge is -2.10. The number of hydrogen-bond acceptors (Lipinski definition) is 5. The number of phenols is 1. The summed E-state index contributed by atoms with van der Waals surface area (Å²) in [6.07, 6.45) is -0.00369. The van der Waals surface area contributed by atoms with Gasteiger partial charge in [-0.1, -0.05) is 6.07 Å². The Hall–Kier alpha value is -2.22. The fourth-order valence-corrected chi connectivity index (χ4v) is 1.44. The standard InChI is InChI=1S/C12H13NO4/c1-3-17-10(14)6-8-4-5-9(7-13)11(15)12(8)16-2/h4-5,15H,3,6H2,1-2H3. The van der Waals surface area contributed by atoms with Crippen molar-refractivity contribution in [3.05, 3.63) is 23.3 Å². The van der Waals surface area contributed by atoms with E-state index >= 15 is 0 Å². The minimum Gasteiger partial charge on any atom is -0.503 e. The van der Waals surface area contributed by atoms with Crippen LogP contribution in [-0.2, 0) is 16.0 Å². The maximum Gasteiger partial charge on any atom is 0.310 e. The van der Waals surface area contributed by atoms with E-state index in [1.54, 1.807) is 13.0 Å². The van der Waals surface area contributed by atoms with Crippen LogP contribution >= 0.6 is 0 Å². The van der Waals surface area contributed by atoms with Crippen molar-refractivity contribution in [2.45, 2.75) is 13.3 Å². The molecule has 0 heterocycles. The first-order chi connectivity index (χ1) is 8.13. The maximum atomic E-state index is 11.3. The predicted octanol–water partition coefficient (Wildman–Crippen LogP) is 1.38. The number of hydrogen-bond donors (Lipinski definition) is 1. The van der Waals surface area contributed by atoms with E-state index in [2.05, 4.69) is 0 Å². The van der Waals surface area contributed by atoms with Crippen LogP contribution in [0.2, 0.25) is 0 Å². The molecule has 1 aromatic carbocycles. The number of carbonyl (C=O) groups excluding carboxylic acids is 1. The predicted molar refractivity (Wildman–Crippen MR) is 59.7 cm³/mol. The summed E-state index contributed by atoms with van der Waals surface area (Å²) in [5.41, 5.74) is 0.594. The largest absolute Gasteiger partial charge is 0.503 e. The molecule has 0 bridgehead atoms. The third-order valence-electron chi connectivity index (χ3n) is 2.18. The smallest absolute Gasteiger partial charge is 0.310 e. The van der Waals surface area contributed by atoms with E-state index in [0.717, 1.165) is 0 Å². The molecular weight excluding hydrogens is 222 g/mol. The van der Waals surface area contributed by atoms with Gasteiger partial charge in [-0.25, -0.2) is 0 Å². The van der Waals surface area contributed by atoms with E-state index in [1.807, 2.05) is 6.07 Å². The molecule has 1 rings (SSSR count). The highest BCUT2D eigenvalue weighted by Gasteiger charge is 2.16. The van der Waals surface area contributed by atoms with Gasteiger partial charge in [0.15, 0.2) is 11.5 Å². The number of esters is 1. The maximum absolute atomic E-state index is 11.3. The number of benzene rings is 1. The van der Waals surface area contributed by atoms with Crippen LogP contribution in [0.25, 0.3) is 0 Å². The molecule has 0 aliphatic rings. The van der Waals surface area contributed by atoms with Crippen LogP contribution in [0.5, 0.6) is 11.5 Å². The highest BCUT2D eigenvalue weighted by Crippen LogP contribution is 2.33. The zero-order valence-corrected chi connectivity index (χ0v) is 9.69. The number of aromatic hydroxyl groups is 1. The highest BCUT2D eigenvalue weighted by atomic mass is 16.5. The van der Waals surface area contributed by atoms with Crippen LogP contribution in [0.3, 0.4) is 0 Å². The van der Waals surface area contributed by atoms with Crippen LogP contribution in [0.1, 0.15) is 18.1 Å². The molecule has 17 heavy (non-hydrogen) atoms. The van der Waals surface area contributed by atoms with Crippen molar-refractivity contribution >= 4 is 5.97 Å². The third-order valence-corrected chi connectivity index (χ3v) is 2.18. The normalized spacial score (nSPS) is 9.47. The molecule has 0 amide bonds. The Morgan fingerprint density at radius 1 is 1.53 bits per heavy atom. The van der Waals surface area contributed by atoms with Crippen molar-refractivity contribution in [3.63, 3.8) is 0 Å². The lowest BCUT2D eigenvalue weighted by molar-refractivity contribution is -0.142. The van der Waals surface area contributed by atoms with Crippen molar-refractivity contribution in [3.8, 4) is 17.6 Å². The number of nitriles is 1. The van der Waals surface area contributed by atoms with Crippen molar-refractivity contribution in [1.29, 1.82) is 5.26 Å². The fourth-order valence-electron chi connectivity index (χ4n) is 1.44. The first kappa shape index (κ1) is 12.8. The van der Waals surface area contributed by atoms with E-state index in [9.17, 15) is 9.90 Å². The van der Waals surface area contributed by atoms with Crippen LogP contribution < -0.4 is 4.74 Å². The molecule has 0 aromatic heterocycles. The topological polar surface area (TPSA) is 79.6 Å². The SMILES string of the molecule is CCOC(=O)Cc1ccc(C#N)c(O)c1OC. The Bertz CT molecular complexity index is 462. The van der Waals surface area contributed by atoms with Gasteiger partial charge >= 0.3 is 5.97 Å². The summed E-state index contributed by atoms with van der Waals surface area (Å²) in [6, 6.07) is 4.83. The third kappa shape index (κ3) is 2.88. The summed E-state index contributed by atoms with van der Waals surface area (Å²) in [5.74, 6) is -0.524. The van der Waals surface area contributed by atoms with Gasteiger partial charge in [0.25, 0.3) is 0 Å². The number of rotatable bonds is 4. The second-order valence-corrected chi connectivity index (χ2v) is 3.25. The molecule has 5 nitrogen and oxygen atoms in total. The Morgan fingerprint density at radius 3 is 2.76 bits per heavy atom. The van der Waals surface area contributed by atoms with E-state index in [1.165, 1.54) is 13.2 Å². The van der Waals surface area contributed by atoms with E-state index in [4.69, 9.17) is 14.7 Å². The van der Waals surface area contributed by atoms with Crippen molar-refractivity contribution < 1.29 is 19.4 Å². The van der Waals surface area contributed by atoms with Gasteiger partial charge in [0.1, 0.15) is 6.07 Å². The van der Waals surface area contributed by atoms with Crippen LogP contribution in [0.15, 0.2) is 12.1 Å². The van der Waals surface area contributed by atoms with Gasteiger partial charge in [-0.05, 0) is 13.0 Å². The van der Waals surface area contributed by atoms with Crippen molar-refractivity contribution in [2.75, 3.05) is 13.7 Å². The molecule has 0 spiro atoms. The van der Waals surface area contributed by atoms with Gasteiger partial charge < -0.3 is 14.6 Å². The van der Waals surface area contributed by atoms with Crippen molar-refractivity contribution in [2.24, 2.45) is 0 Å². The number of nitrogens with zero attached hydrogens (tertiary/aromatic N) is 1. The molecule has 0 saturated carbocycles. The van der Waals surface area contributed by atoms with Crippen LogP contribution in [0, 0.1) is 11.3 Å². The molecule has 0 atom stereocenters. The van der Waals surface area contributed by atoms with E-state index < -0.39 is 5.97 Å². The van der Waals surface area contributed by atoms with Gasteiger partial charge in [0, 0.05) is 5.56 Å². The zero-order valence-electron chi connectivity index (χ0n) is 9.69. The first-order valence-corrected chi connectivity index (χ1v) is 5.08. The molecular formula is C12H13NO4. The van der Waals surface area contributed by atoms with Gasteiger partial charge in [0.05, 0.1) is 25.7 Å². The second kappa shape index (κ2) is 5.75. The quantitative estimate of drug-likeness (QED) is 0.797. The van der Waals surface area contributed by atoms with Gasteiger partial charge in [-0.2, -0.15) is 5.26 Å². The summed E-state index contributed by atoms with van der Waals surface area (Å²) in [5, 5.41) is 18.5. The molecule has 0 fully saturated rings. The summed E-state index contributed by atoms with van der Waals surface area (Å²) in [7, 11) is 1.37. The van der Waals surface area contributed by atoms with Crippen molar-refractivity contribution in [1.82, 2.24) is 0 Å². The highest BCUT2D eigenvalue weighted by molar-refractivity contribution is 5.74. The molecule has 5 heteroatoms. The van der Waals surface area contributed by atoms with Gasteiger partial charge in [0.2, 0.25) is 0 Å². The average molecular weight is 235 g/mol. The number of ether oxygens (including phenoxy) is 2. The molecule has 0 unspecified atom stereocenters. The molecule has 1 N–H and O–H groups in total. The average Bonchev–Trinajstić information content (AvgIpc) is 2.30. The minimum absolute atomic E-state index is 0.00369. The molecule has 0 radical (unpaired) electrons. The lowest BCUT2D eigenvalue weighted by Crippen LogP contribution is -2.08. The molecule has 90 valence electrons. The molecule has 1 aromatic rings. The van der Waals surface area contributed by atoms with Crippen LogP contribution in [-0.4, -0.2) is 24.8 Å². The fraction of sp³-hybridized carbons (Fsp3) is 0.333.